The van der Waals surface area contributed by atoms with Crippen LogP contribution in [0.15, 0.2) is 0 Å². The molecule has 0 aromatic rings. The van der Waals surface area contributed by atoms with Gasteiger partial charge >= 0.3 is 0 Å². The van der Waals surface area contributed by atoms with Gasteiger partial charge in [-0.15, -0.1) is 12.4 Å². The van der Waals surface area contributed by atoms with Crippen LogP contribution in [0, 0.1) is 0 Å². The summed E-state index contributed by atoms with van der Waals surface area (Å²) in [5.41, 5.74) is 0. The van der Waals surface area contributed by atoms with Crippen molar-refractivity contribution in [2.75, 3.05) is 46.4 Å². The molecule has 1 amide bonds. The van der Waals surface area contributed by atoms with Gasteiger partial charge in [0.05, 0.1) is 0 Å². The van der Waals surface area contributed by atoms with E-state index in [-0.39, 0.29) is 24.4 Å². The molecule has 106 valence electrons. The van der Waals surface area contributed by atoms with Crippen molar-refractivity contribution in [3.8, 4) is 0 Å². The summed E-state index contributed by atoms with van der Waals surface area (Å²) in [5, 5.41) is 3.39. The summed E-state index contributed by atoms with van der Waals surface area (Å²) in [5.74, 6) is 0.122. The van der Waals surface area contributed by atoms with Crippen molar-refractivity contribution in [2.45, 2.75) is 25.5 Å². The van der Waals surface area contributed by atoms with Crippen LogP contribution in [0.2, 0.25) is 0 Å². The normalized spacial score (nSPS) is 26.8. The first-order valence-corrected chi connectivity index (χ1v) is 6.48. The Morgan fingerprint density at radius 2 is 2.00 bits per heavy atom. The van der Waals surface area contributed by atoms with Gasteiger partial charge in [0.2, 0.25) is 0 Å². The molecule has 1 N–H and O–H groups in total. The van der Waals surface area contributed by atoms with Gasteiger partial charge in [-0.25, -0.2) is 0 Å². The molecule has 2 atom stereocenters. The van der Waals surface area contributed by atoms with E-state index in [0.717, 1.165) is 39.3 Å². The van der Waals surface area contributed by atoms with E-state index in [4.69, 9.17) is 4.74 Å². The lowest BCUT2D eigenvalue weighted by Crippen LogP contribution is -2.54. The van der Waals surface area contributed by atoms with E-state index in [0.29, 0.717) is 6.04 Å². The van der Waals surface area contributed by atoms with Crippen molar-refractivity contribution in [1.82, 2.24) is 15.1 Å². The largest absolute Gasteiger partial charge is 0.372 e. The zero-order valence-corrected chi connectivity index (χ0v) is 12.0. The average Bonchev–Trinajstić information content (AvgIpc) is 2.91. The smallest absolute Gasteiger partial charge is 0.251 e. The lowest BCUT2D eigenvalue weighted by atomic mass is 10.2. The first-order chi connectivity index (χ1) is 8.22. The van der Waals surface area contributed by atoms with Gasteiger partial charge in [-0.2, -0.15) is 0 Å². The molecule has 2 saturated heterocycles. The fourth-order valence-corrected chi connectivity index (χ4v) is 2.62. The highest BCUT2D eigenvalue weighted by Gasteiger charge is 2.29. The predicted octanol–water partition coefficient (Wildman–Crippen LogP) is -0.0508. The fourth-order valence-electron chi connectivity index (χ4n) is 2.62. The van der Waals surface area contributed by atoms with Crippen LogP contribution < -0.4 is 5.32 Å². The zero-order chi connectivity index (χ0) is 12.3. The lowest BCUT2D eigenvalue weighted by molar-refractivity contribution is -0.143. The van der Waals surface area contributed by atoms with Crippen molar-refractivity contribution in [1.29, 1.82) is 0 Å². The number of methoxy groups -OCH3 is 1. The van der Waals surface area contributed by atoms with E-state index < -0.39 is 0 Å². The molecule has 0 aromatic carbocycles. The Morgan fingerprint density at radius 1 is 1.33 bits per heavy atom. The third-order valence-electron chi connectivity index (χ3n) is 3.88. The zero-order valence-electron chi connectivity index (χ0n) is 11.2. The molecule has 0 saturated carbocycles. The van der Waals surface area contributed by atoms with E-state index in [1.807, 2.05) is 11.8 Å². The molecule has 18 heavy (non-hydrogen) atoms. The fraction of sp³-hybridized carbons (Fsp3) is 0.917. The molecule has 6 heteroatoms. The van der Waals surface area contributed by atoms with Gasteiger partial charge in [0, 0.05) is 45.9 Å². The van der Waals surface area contributed by atoms with Crippen molar-refractivity contribution in [3.63, 3.8) is 0 Å². The van der Waals surface area contributed by atoms with Gasteiger partial charge in [-0.3, -0.25) is 9.69 Å². The summed E-state index contributed by atoms with van der Waals surface area (Å²) >= 11 is 0. The quantitative estimate of drug-likeness (QED) is 0.786. The second-order valence-electron chi connectivity index (χ2n) is 4.89. The maximum Gasteiger partial charge on any atom is 0.251 e. The molecular weight excluding hydrogens is 254 g/mol. The first kappa shape index (κ1) is 15.7. The number of hydrogen-bond acceptors (Lipinski definition) is 4. The molecule has 5 nitrogen and oxygen atoms in total. The monoisotopic (exact) mass is 277 g/mol. The van der Waals surface area contributed by atoms with Crippen LogP contribution >= 0.6 is 12.4 Å². The number of carbonyl (C=O) groups is 1. The van der Waals surface area contributed by atoms with Crippen LogP contribution in [0.5, 0.6) is 0 Å². The Balaban J connectivity index is 0.00000162. The molecule has 0 aromatic heterocycles. The van der Waals surface area contributed by atoms with Crippen molar-refractivity contribution < 1.29 is 9.53 Å². The highest BCUT2D eigenvalue weighted by molar-refractivity contribution is 5.85. The number of carbonyl (C=O) groups excluding carboxylic acids is 1. The topological polar surface area (TPSA) is 44.8 Å². The van der Waals surface area contributed by atoms with E-state index >= 15 is 0 Å². The highest BCUT2D eigenvalue weighted by Crippen LogP contribution is 2.12. The van der Waals surface area contributed by atoms with E-state index in [1.165, 1.54) is 6.42 Å². The van der Waals surface area contributed by atoms with E-state index in [2.05, 4.69) is 10.2 Å². The summed E-state index contributed by atoms with van der Waals surface area (Å²) in [6.07, 6.45) is 0.928. The minimum absolute atomic E-state index is 0. The highest BCUT2D eigenvalue weighted by atomic mass is 35.5. The number of nitrogens with one attached hydrogen (secondary N) is 1. The van der Waals surface area contributed by atoms with Crippen LogP contribution in [0.3, 0.4) is 0 Å². The average molecular weight is 278 g/mol. The Morgan fingerprint density at radius 3 is 2.50 bits per heavy atom. The third kappa shape index (κ3) is 3.57. The van der Waals surface area contributed by atoms with Crippen molar-refractivity contribution >= 4 is 18.3 Å². The van der Waals surface area contributed by atoms with Crippen LogP contribution in [0.1, 0.15) is 13.3 Å². The molecule has 0 radical (unpaired) electrons. The summed E-state index contributed by atoms with van der Waals surface area (Å²) in [7, 11) is 1.59. The van der Waals surface area contributed by atoms with Crippen LogP contribution in [-0.2, 0) is 9.53 Å². The summed E-state index contributed by atoms with van der Waals surface area (Å²) in [4.78, 5) is 16.4. The summed E-state index contributed by atoms with van der Waals surface area (Å²) in [6.45, 7) is 7.71. The minimum Gasteiger partial charge on any atom is -0.372 e. The molecule has 0 aliphatic carbocycles. The van der Waals surface area contributed by atoms with Gasteiger partial charge in [0.1, 0.15) is 6.10 Å². The molecule has 2 aliphatic heterocycles. The maximum absolute atomic E-state index is 11.9. The number of halogens is 1. The van der Waals surface area contributed by atoms with Crippen molar-refractivity contribution in [2.24, 2.45) is 0 Å². The molecule has 2 unspecified atom stereocenters. The number of piperazine rings is 1. The van der Waals surface area contributed by atoms with Gasteiger partial charge in [0.15, 0.2) is 0 Å². The molecule has 0 spiro atoms. The van der Waals surface area contributed by atoms with E-state index in [1.54, 1.807) is 7.11 Å². The Bertz CT molecular complexity index is 264. The lowest BCUT2D eigenvalue weighted by Gasteiger charge is -2.38. The molecular formula is C12H24ClN3O2. The van der Waals surface area contributed by atoms with E-state index in [9.17, 15) is 4.79 Å². The van der Waals surface area contributed by atoms with Crippen LogP contribution in [-0.4, -0.2) is 74.2 Å². The molecule has 2 aliphatic rings. The van der Waals surface area contributed by atoms with Gasteiger partial charge in [-0.1, -0.05) is 0 Å². The number of ether oxygens (including phenoxy) is 1. The van der Waals surface area contributed by atoms with Crippen LogP contribution in [0.4, 0.5) is 0 Å². The molecule has 2 fully saturated rings. The summed E-state index contributed by atoms with van der Waals surface area (Å²) in [6, 6.07) is 0.673. The van der Waals surface area contributed by atoms with Gasteiger partial charge in [0.25, 0.3) is 5.91 Å². The predicted molar refractivity (Wildman–Crippen MR) is 73.1 cm³/mol. The SMILES string of the molecule is COC(C)C(=O)N1CCN(C2CCNC2)CC1.Cl. The van der Waals surface area contributed by atoms with Crippen molar-refractivity contribution in [3.05, 3.63) is 0 Å². The Hall–Kier alpha value is -0.360. The number of rotatable bonds is 3. The minimum atomic E-state index is -0.310. The second kappa shape index (κ2) is 7.28. The third-order valence-corrected chi connectivity index (χ3v) is 3.88. The summed E-state index contributed by atoms with van der Waals surface area (Å²) < 4.78 is 5.08. The second-order valence-corrected chi connectivity index (χ2v) is 4.89. The Labute approximate surface area is 115 Å². The van der Waals surface area contributed by atoms with Gasteiger partial charge in [-0.05, 0) is 19.9 Å². The standard InChI is InChI=1S/C12H23N3O2.ClH/c1-10(17-2)12(16)15-7-5-14(6-8-15)11-3-4-13-9-11;/h10-11,13H,3-9H2,1-2H3;1H. The molecule has 2 heterocycles. The first-order valence-electron chi connectivity index (χ1n) is 6.48. The van der Waals surface area contributed by atoms with Crippen LogP contribution in [0.25, 0.3) is 0 Å². The number of hydrogen-bond donors (Lipinski definition) is 1. The number of nitrogens with zero attached hydrogens (tertiary/aromatic N) is 2. The molecule has 2 rings (SSSR count). The number of amides is 1. The van der Waals surface area contributed by atoms with Gasteiger partial charge < -0.3 is 15.0 Å². The molecule has 0 bridgehead atoms. The Kier molecular flexibility index (Phi) is 6.35. The maximum atomic E-state index is 11.9.